The minimum Gasteiger partial charge on any atom is -0.384 e. The van der Waals surface area contributed by atoms with Crippen LogP contribution in [-0.2, 0) is 4.74 Å². The van der Waals surface area contributed by atoms with E-state index >= 15 is 0 Å². The molecule has 2 N–H and O–H groups in total. The van der Waals surface area contributed by atoms with Gasteiger partial charge in [-0.25, -0.2) is 0 Å². The smallest absolute Gasteiger partial charge is 0.0505 e. The van der Waals surface area contributed by atoms with Crippen molar-refractivity contribution in [2.24, 2.45) is 17.6 Å². The van der Waals surface area contributed by atoms with Crippen molar-refractivity contribution >= 4 is 0 Å². The van der Waals surface area contributed by atoms with Crippen molar-refractivity contribution < 1.29 is 4.74 Å². The average Bonchev–Trinajstić information content (AvgIpc) is 1.98. The Kier molecular flexibility index (Phi) is 5.51. The molecule has 0 aromatic carbocycles. The Morgan fingerprint density at radius 3 is 2.18 bits per heavy atom. The quantitative estimate of drug-likeness (QED) is 0.662. The van der Waals surface area contributed by atoms with Crippen LogP contribution in [0.3, 0.4) is 0 Å². The number of hydrogen-bond acceptors (Lipinski definition) is 2. The van der Waals surface area contributed by atoms with Crippen molar-refractivity contribution in [2.45, 2.75) is 33.2 Å². The monoisotopic (exact) mass is 159 g/mol. The lowest BCUT2D eigenvalue weighted by molar-refractivity contribution is 0.126. The summed E-state index contributed by atoms with van der Waals surface area (Å²) in [6.45, 7) is 7.26. The van der Waals surface area contributed by atoms with Crippen molar-refractivity contribution in [1.82, 2.24) is 0 Å². The van der Waals surface area contributed by atoms with Gasteiger partial charge < -0.3 is 10.5 Å². The van der Waals surface area contributed by atoms with Crippen molar-refractivity contribution in [1.29, 1.82) is 0 Å². The summed E-state index contributed by atoms with van der Waals surface area (Å²) in [6, 6.07) is 0.278. The number of hydrogen-bond donors (Lipinski definition) is 1. The summed E-state index contributed by atoms with van der Waals surface area (Å²) in [5.74, 6) is 1.06. The molecule has 0 saturated heterocycles. The SMILES string of the molecule is CCC(COC)C(N)C(C)C. The van der Waals surface area contributed by atoms with Gasteiger partial charge >= 0.3 is 0 Å². The third-order valence-electron chi connectivity index (χ3n) is 2.22. The van der Waals surface area contributed by atoms with E-state index in [1.54, 1.807) is 7.11 Å². The summed E-state index contributed by atoms with van der Waals surface area (Å²) in [4.78, 5) is 0. The number of ether oxygens (including phenoxy) is 1. The van der Waals surface area contributed by atoms with Crippen LogP contribution in [0.25, 0.3) is 0 Å². The van der Waals surface area contributed by atoms with E-state index in [1.165, 1.54) is 0 Å². The van der Waals surface area contributed by atoms with Gasteiger partial charge in [0.1, 0.15) is 0 Å². The molecule has 2 nitrogen and oxygen atoms in total. The predicted molar refractivity (Wildman–Crippen MR) is 48.5 cm³/mol. The molecule has 0 aromatic rings. The van der Waals surface area contributed by atoms with Crippen LogP contribution in [0.4, 0.5) is 0 Å². The lowest BCUT2D eigenvalue weighted by atomic mass is 9.90. The molecule has 2 atom stereocenters. The molecule has 0 aromatic heterocycles. The lowest BCUT2D eigenvalue weighted by Crippen LogP contribution is -2.37. The fourth-order valence-corrected chi connectivity index (χ4v) is 1.26. The first-order chi connectivity index (χ1) is 5.13. The maximum atomic E-state index is 5.98. The third-order valence-corrected chi connectivity index (χ3v) is 2.22. The number of nitrogens with two attached hydrogens (primary N) is 1. The average molecular weight is 159 g/mol. The van der Waals surface area contributed by atoms with Crippen LogP contribution in [-0.4, -0.2) is 19.8 Å². The van der Waals surface area contributed by atoms with E-state index in [2.05, 4.69) is 20.8 Å². The minimum absolute atomic E-state index is 0.278. The van der Waals surface area contributed by atoms with Gasteiger partial charge in [0.25, 0.3) is 0 Å². The topological polar surface area (TPSA) is 35.2 Å². The Bertz CT molecular complexity index is 93.6. The second kappa shape index (κ2) is 5.56. The van der Waals surface area contributed by atoms with Crippen LogP contribution in [0, 0.1) is 11.8 Å². The Hall–Kier alpha value is -0.0800. The van der Waals surface area contributed by atoms with Crippen LogP contribution in [0.15, 0.2) is 0 Å². The molecule has 0 heterocycles. The summed E-state index contributed by atoms with van der Waals surface area (Å²) < 4.78 is 5.09. The molecule has 2 unspecified atom stereocenters. The van der Waals surface area contributed by atoms with E-state index in [0.717, 1.165) is 13.0 Å². The van der Waals surface area contributed by atoms with Gasteiger partial charge in [-0.3, -0.25) is 0 Å². The molecule has 0 saturated carbocycles. The Labute approximate surface area is 70.1 Å². The van der Waals surface area contributed by atoms with E-state index in [-0.39, 0.29) is 6.04 Å². The highest BCUT2D eigenvalue weighted by molar-refractivity contribution is 4.74. The largest absolute Gasteiger partial charge is 0.384 e. The second-order valence-corrected chi connectivity index (χ2v) is 3.45. The lowest BCUT2D eigenvalue weighted by Gasteiger charge is -2.24. The van der Waals surface area contributed by atoms with Crippen molar-refractivity contribution in [3.8, 4) is 0 Å². The Balaban J connectivity index is 3.81. The zero-order valence-electron chi connectivity index (χ0n) is 8.13. The van der Waals surface area contributed by atoms with Gasteiger partial charge in [0.15, 0.2) is 0 Å². The number of rotatable bonds is 5. The highest BCUT2D eigenvalue weighted by Gasteiger charge is 2.18. The molecule has 2 heteroatoms. The highest BCUT2D eigenvalue weighted by atomic mass is 16.5. The molecule has 0 aliphatic carbocycles. The first-order valence-corrected chi connectivity index (χ1v) is 4.38. The van der Waals surface area contributed by atoms with Crippen LogP contribution >= 0.6 is 0 Å². The van der Waals surface area contributed by atoms with E-state index < -0.39 is 0 Å². The van der Waals surface area contributed by atoms with Gasteiger partial charge in [-0.1, -0.05) is 20.8 Å². The van der Waals surface area contributed by atoms with E-state index in [4.69, 9.17) is 10.5 Å². The van der Waals surface area contributed by atoms with Gasteiger partial charge in [-0.15, -0.1) is 0 Å². The van der Waals surface area contributed by atoms with Crippen molar-refractivity contribution in [2.75, 3.05) is 13.7 Å². The summed E-state index contributed by atoms with van der Waals surface area (Å²) in [5.41, 5.74) is 5.98. The van der Waals surface area contributed by atoms with E-state index in [0.29, 0.717) is 11.8 Å². The minimum atomic E-state index is 0.278. The Morgan fingerprint density at radius 2 is 1.91 bits per heavy atom. The zero-order chi connectivity index (χ0) is 8.85. The normalized spacial score (nSPS) is 16.9. The third kappa shape index (κ3) is 3.73. The molecular weight excluding hydrogens is 138 g/mol. The van der Waals surface area contributed by atoms with Crippen LogP contribution in [0.2, 0.25) is 0 Å². The standard InChI is InChI=1S/C9H21NO/c1-5-8(6-11-4)9(10)7(2)3/h7-9H,5-6,10H2,1-4H3. The fourth-order valence-electron chi connectivity index (χ4n) is 1.26. The molecule has 0 rings (SSSR count). The molecule has 0 radical (unpaired) electrons. The summed E-state index contributed by atoms with van der Waals surface area (Å²) in [7, 11) is 1.73. The van der Waals surface area contributed by atoms with Gasteiger partial charge in [-0.2, -0.15) is 0 Å². The van der Waals surface area contributed by atoms with Gasteiger partial charge in [-0.05, 0) is 18.3 Å². The maximum Gasteiger partial charge on any atom is 0.0505 e. The second-order valence-electron chi connectivity index (χ2n) is 3.45. The van der Waals surface area contributed by atoms with E-state index in [9.17, 15) is 0 Å². The molecule has 0 spiro atoms. The van der Waals surface area contributed by atoms with Gasteiger partial charge in [0, 0.05) is 13.2 Å². The molecule has 11 heavy (non-hydrogen) atoms. The first kappa shape index (κ1) is 10.9. The number of methoxy groups -OCH3 is 1. The van der Waals surface area contributed by atoms with Crippen molar-refractivity contribution in [3.05, 3.63) is 0 Å². The molecule has 0 fully saturated rings. The van der Waals surface area contributed by atoms with Gasteiger partial charge in [0.2, 0.25) is 0 Å². The zero-order valence-corrected chi connectivity index (χ0v) is 8.13. The Morgan fingerprint density at radius 1 is 1.36 bits per heavy atom. The predicted octanol–water partition coefficient (Wildman–Crippen LogP) is 1.64. The summed E-state index contributed by atoms with van der Waals surface area (Å²) in [5, 5.41) is 0. The van der Waals surface area contributed by atoms with Crippen LogP contribution in [0.5, 0.6) is 0 Å². The summed E-state index contributed by atoms with van der Waals surface area (Å²) >= 11 is 0. The fraction of sp³-hybridized carbons (Fsp3) is 1.00. The maximum absolute atomic E-state index is 5.98. The van der Waals surface area contributed by atoms with Crippen molar-refractivity contribution in [3.63, 3.8) is 0 Å². The highest BCUT2D eigenvalue weighted by Crippen LogP contribution is 2.13. The first-order valence-electron chi connectivity index (χ1n) is 4.38. The van der Waals surface area contributed by atoms with Gasteiger partial charge in [0.05, 0.1) is 6.61 Å². The molecule has 0 aliphatic rings. The molecule has 0 amide bonds. The molecule has 68 valence electrons. The van der Waals surface area contributed by atoms with E-state index in [1.807, 2.05) is 0 Å². The van der Waals surface area contributed by atoms with Crippen LogP contribution < -0.4 is 5.73 Å². The molecule has 0 aliphatic heterocycles. The summed E-state index contributed by atoms with van der Waals surface area (Å²) in [6.07, 6.45) is 1.10. The van der Waals surface area contributed by atoms with Crippen LogP contribution in [0.1, 0.15) is 27.2 Å². The molecular formula is C9H21NO. The molecule has 0 bridgehead atoms.